The Bertz CT molecular complexity index is 220. The highest BCUT2D eigenvalue weighted by Gasteiger charge is 2.42. The van der Waals surface area contributed by atoms with Crippen LogP contribution in [0, 0.1) is 6.42 Å². The molecule has 3 nitrogen and oxygen atoms in total. The van der Waals surface area contributed by atoms with Crippen LogP contribution in [0.1, 0.15) is 41.0 Å². The van der Waals surface area contributed by atoms with Gasteiger partial charge in [-0.3, -0.25) is 0 Å². The van der Waals surface area contributed by atoms with Gasteiger partial charge in [0.25, 0.3) is 0 Å². The number of carbonyl (C=O) groups is 1. The molecule has 1 heterocycles. The molecule has 1 aliphatic rings. The first kappa shape index (κ1) is 11.3. The average Bonchev–Trinajstić information content (AvgIpc) is 2.58. The molecule has 82 valence electrons. The number of nitrogens with zero attached hydrogens (tertiary/aromatic N) is 1. The number of amides is 1. The van der Waals surface area contributed by atoms with Crippen molar-refractivity contribution in [1.29, 1.82) is 0 Å². The molecule has 0 bridgehead atoms. The van der Waals surface area contributed by atoms with Gasteiger partial charge in [0.05, 0.1) is 0 Å². The van der Waals surface area contributed by atoms with Crippen LogP contribution in [-0.4, -0.2) is 28.7 Å². The molecule has 2 unspecified atom stereocenters. The summed E-state index contributed by atoms with van der Waals surface area (Å²) in [6, 6.07) is 0.597. The molecule has 1 saturated heterocycles. The van der Waals surface area contributed by atoms with Crippen LogP contribution in [0.25, 0.3) is 0 Å². The predicted molar refractivity (Wildman–Crippen MR) is 55.9 cm³/mol. The highest BCUT2D eigenvalue weighted by atomic mass is 16.6. The molecule has 0 aromatic heterocycles. The zero-order chi connectivity index (χ0) is 10.9. The van der Waals surface area contributed by atoms with E-state index in [1.807, 2.05) is 27.7 Å². The molecule has 14 heavy (non-hydrogen) atoms. The van der Waals surface area contributed by atoms with Crippen LogP contribution in [0.2, 0.25) is 0 Å². The van der Waals surface area contributed by atoms with Crippen molar-refractivity contribution < 1.29 is 9.53 Å². The Morgan fingerprint density at radius 3 is 2.50 bits per heavy atom. The van der Waals surface area contributed by atoms with Crippen LogP contribution in [-0.2, 0) is 4.74 Å². The molecule has 1 aliphatic heterocycles. The summed E-state index contributed by atoms with van der Waals surface area (Å²) in [6.45, 7) is 9.78. The number of ether oxygens (including phenoxy) is 1. The topological polar surface area (TPSA) is 29.3 Å². The first-order valence-electron chi connectivity index (χ1n) is 5.21. The molecule has 1 fully saturated rings. The van der Waals surface area contributed by atoms with Crippen molar-refractivity contribution in [2.45, 2.75) is 58.7 Å². The SMILES string of the molecule is CC[CH-]C1C(C)N1C(=O)OC(C)(C)C. The van der Waals surface area contributed by atoms with Gasteiger partial charge in [-0.05, 0) is 27.7 Å². The Morgan fingerprint density at radius 2 is 2.07 bits per heavy atom. The number of hydrogen-bond donors (Lipinski definition) is 0. The predicted octanol–water partition coefficient (Wildman–Crippen LogP) is 2.61. The Labute approximate surface area is 86.4 Å². The van der Waals surface area contributed by atoms with Gasteiger partial charge < -0.3 is 16.1 Å². The molecular weight excluding hydrogens is 178 g/mol. The summed E-state index contributed by atoms with van der Waals surface area (Å²) >= 11 is 0. The van der Waals surface area contributed by atoms with Crippen molar-refractivity contribution in [3.63, 3.8) is 0 Å². The van der Waals surface area contributed by atoms with Crippen LogP contribution in [0.15, 0.2) is 0 Å². The minimum atomic E-state index is -0.393. The van der Waals surface area contributed by atoms with Crippen LogP contribution in [0.3, 0.4) is 0 Å². The van der Waals surface area contributed by atoms with Gasteiger partial charge >= 0.3 is 6.09 Å². The van der Waals surface area contributed by atoms with Crippen LogP contribution >= 0.6 is 0 Å². The van der Waals surface area contributed by atoms with E-state index in [2.05, 4.69) is 13.3 Å². The Hall–Kier alpha value is -0.730. The van der Waals surface area contributed by atoms with Crippen molar-refractivity contribution in [2.24, 2.45) is 0 Å². The van der Waals surface area contributed by atoms with Crippen LogP contribution in [0.5, 0.6) is 0 Å². The fourth-order valence-electron chi connectivity index (χ4n) is 1.53. The zero-order valence-corrected chi connectivity index (χ0v) is 9.70. The summed E-state index contributed by atoms with van der Waals surface area (Å²) < 4.78 is 5.28. The van der Waals surface area contributed by atoms with E-state index in [-0.39, 0.29) is 12.1 Å². The molecule has 0 radical (unpaired) electrons. The van der Waals surface area contributed by atoms with Gasteiger partial charge in [-0.15, -0.1) is 0 Å². The minimum Gasteiger partial charge on any atom is -0.444 e. The first-order chi connectivity index (χ1) is 6.37. The zero-order valence-electron chi connectivity index (χ0n) is 9.70. The van der Waals surface area contributed by atoms with Crippen molar-refractivity contribution >= 4 is 6.09 Å². The molecule has 0 spiro atoms. The van der Waals surface area contributed by atoms with Crippen molar-refractivity contribution in [1.82, 2.24) is 4.90 Å². The summed E-state index contributed by atoms with van der Waals surface area (Å²) in [5.41, 5.74) is -0.393. The molecule has 1 amide bonds. The largest absolute Gasteiger partial charge is 0.444 e. The lowest BCUT2D eigenvalue weighted by Crippen LogP contribution is -2.28. The molecule has 2 atom stereocenters. The summed E-state index contributed by atoms with van der Waals surface area (Å²) in [5.74, 6) is 0. The average molecular weight is 198 g/mol. The molecule has 0 aromatic carbocycles. The first-order valence-corrected chi connectivity index (χ1v) is 5.21. The molecule has 0 aliphatic carbocycles. The van der Waals surface area contributed by atoms with E-state index in [1.165, 1.54) is 0 Å². The molecule has 3 heteroatoms. The van der Waals surface area contributed by atoms with Gasteiger partial charge in [-0.2, -0.15) is 6.42 Å². The Morgan fingerprint density at radius 1 is 1.50 bits per heavy atom. The molecule has 0 saturated carbocycles. The smallest absolute Gasteiger partial charge is 0.408 e. The third-order valence-corrected chi connectivity index (χ3v) is 2.25. The standard InChI is InChI=1S/C11H20NO2/c1-6-7-9-8(2)12(9)10(13)14-11(3,4)5/h7-9H,6H2,1-5H3/q-1. The summed E-state index contributed by atoms with van der Waals surface area (Å²) in [6.07, 6.45) is 2.95. The second-order valence-electron chi connectivity index (χ2n) is 4.76. The van der Waals surface area contributed by atoms with Crippen LogP contribution < -0.4 is 0 Å². The summed E-state index contributed by atoms with van der Waals surface area (Å²) in [5, 5.41) is 0. The summed E-state index contributed by atoms with van der Waals surface area (Å²) in [4.78, 5) is 13.4. The number of hydrogen-bond acceptors (Lipinski definition) is 2. The lowest BCUT2D eigenvalue weighted by atomic mass is 10.2. The van der Waals surface area contributed by atoms with E-state index in [1.54, 1.807) is 4.90 Å². The van der Waals surface area contributed by atoms with E-state index < -0.39 is 5.60 Å². The fraction of sp³-hybridized carbons (Fsp3) is 0.818. The van der Waals surface area contributed by atoms with Gasteiger partial charge in [-0.25, -0.2) is 4.79 Å². The molecule has 0 N–H and O–H groups in total. The van der Waals surface area contributed by atoms with Crippen LogP contribution in [0.4, 0.5) is 4.79 Å². The minimum absolute atomic E-state index is 0.195. The van der Waals surface area contributed by atoms with Gasteiger partial charge in [-0.1, -0.05) is 13.0 Å². The van der Waals surface area contributed by atoms with E-state index in [9.17, 15) is 4.79 Å². The number of rotatable bonds is 2. The molecule has 0 aromatic rings. The number of carbonyl (C=O) groups excluding carboxylic acids is 1. The molecule has 1 rings (SSSR count). The molecular formula is C11H20NO2-. The van der Waals surface area contributed by atoms with Crippen molar-refractivity contribution in [3.05, 3.63) is 6.42 Å². The normalized spacial score (nSPS) is 26.2. The van der Waals surface area contributed by atoms with E-state index in [0.29, 0.717) is 6.04 Å². The second-order valence-corrected chi connectivity index (χ2v) is 4.76. The monoisotopic (exact) mass is 198 g/mol. The Kier molecular flexibility index (Phi) is 3.07. The maximum absolute atomic E-state index is 11.6. The maximum atomic E-state index is 11.6. The van der Waals surface area contributed by atoms with Crippen molar-refractivity contribution in [3.8, 4) is 0 Å². The Balaban J connectivity index is 2.41. The summed E-state index contributed by atoms with van der Waals surface area (Å²) in [7, 11) is 0. The van der Waals surface area contributed by atoms with Gasteiger partial charge in [0.2, 0.25) is 0 Å². The van der Waals surface area contributed by atoms with E-state index in [0.717, 1.165) is 6.42 Å². The van der Waals surface area contributed by atoms with Crippen molar-refractivity contribution in [2.75, 3.05) is 0 Å². The third kappa shape index (κ3) is 2.63. The quantitative estimate of drug-likeness (QED) is 0.504. The van der Waals surface area contributed by atoms with E-state index in [4.69, 9.17) is 4.74 Å². The lowest BCUT2D eigenvalue weighted by Gasteiger charge is -2.21. The van der Waals surface area contributed by atoms with E-state index >= 15 is 0 Å². The fourth-order valence-corrected chi connectivity index (χ4v) is 1.53. The third-order valence-electron chi connectivity index (χ3n) is 2.25. The highest BCUT2D eigenvalue weighted by Crippen LogP contribution is 2.32. The van der Waals surface area contributed by atoms with Gasteiger partial charge in [0.1, 0.15) is 5.60 Å². The lowest BCUT2D eigenvalue weighted by molar-refractivity contribution is 0.0399. The van der Waals surface area contributed by atoms with Gasteiger partial charge in [0.15, 0.2) is 0 Å². The highest BCUT2D eigenvalue weighted by molar-refractivity contribution is 5.72. The maximum Gasteiger partial charge on any atom is 0.408 e. The second kappa shape index (κ2) is 3.79. The van der Waals surface area contributed by atoms with Gasteiger partial charge in [0, 0.05) is 6.04 Å².